The van der Waals surface area contributed by atoms with Crippen molar-refractivity contribution in [2.45, 2.75) is 39.8 Å². The average Bonchev–Trinajstić information content (AvgIpc) is 3.00. The maximum atomic E-state index is 12.8. The van der Waals surface area contributed by atoms with Crippen LogP contribution in [-0.4, -0.2) is 10.8 Å². The molecule has 1 aliphatic carbocycles. The predicted molar refractivity (Wildman–Crippen MR) is 87.8 cm³/mol. The monoisotopic (exact) mass is 370 g/mol. The first-order chi connectivity index (χ1) is 11.4. The van der Waals surface area contributed by atoms with Crippen molar-refractivity contribution in [2.24, 2.45) is 17.3 Å². The normalized spacial score (nSPS) is 22.7. The number of aromatic nitrogens is 1. The van der Waals surface area contributed by atoms with Gasteiger partial charge in [-0.1, -0.05) is 37.1 Å². The molecular weight excluding hydrogens is 353 g/mol. The molecule has 0 aliphatic heterocycles. The fraction of sp³-hybridized carbons (Fsp3) is 0.500. The first kappa shape index (κ1) is 19.5. The second-order valence-electron chi connectivity index (χ2n) is 7.12. The van der Waals surface area contributed by atoms with Gasteiger partial charge in [0, 0.05) is 12.1 Å². The van der Waals surface area contributed by atoms with Crippen LogP contribution in [-0.2, 0) is 11.0 Å². The molecule has 1 saturated carbocycles. The van der Waals surface area contributed by atoms with E-state index in [2.05, 4.69) is 4.98 Å². The summed E-state index contributed by atoms with van der Waals surface area (Å²) >= 11 is 5.89. The van der Waals surface area contributed by atoms with Crippen molar-refractivity contribution < 1.29 is 18.0 Å². The van der Waals surface area contributed by atoms with E-state index in [1.54, 1.807) is 0 Å². The number of ketones is 1. The number of carbonyl (C=O) groups is 1. The standard InChI is InChI=1S/C18H18ClF3N2O/c1-9(2)5-12-14(17(12,3)4)16(25)11(7-23)15-13(19)6-10(8-24-15)18(20,21)22/h5-6,8,11-12,14H,1-4H3/t11-,12+,14-/m0/s1. The molecule has 1 aromatic rings. The minimum absolute atomic E-state index is 0.00549. The van der Waals surface area contributed by atoms with Crippen LogP contribution < -0.4 is 0 Å². The molecule has 134 valence electrons. The summed E-state index contributed by atoms with van der Waals surface area (Å²) in [5.41, 5.74) is -0.380. The van der Waals surface area contributed by atoms with Crippen LogP contribution in [0.2, 0.25) is 5.02 Å². The second-order valence-corrected chi connectivity index (χ2v) is 7.53. The zero-order chi connectivity index (χ0) is 19.2. The highest BCUT2D eigenvalue weighted by Gasteiger charge is 2.61. The molecule has 7 heteroatoms. The number of nitriles is 1. The molecule has 1 aliphatic rings. The van der Waals surface area contributed by atoms with Gasteiger partial charge in [-0.3, -0.25) is 9.78 Å². The van der Waals surface area contributed by atoms with Crippen molar-refractivity contribution in [3.8, 4) is 6.07 Å². The fourth-order valence-corrected chi connectivity index (χ4v) is 3.42. The third-order valence-electron chi connectivity index (χ3n) is 4.61. The highest BCUT2D eigenvalue weighted by atomic mass is 35.5. The number of Topliss-reactive ketones (excluding diaryl/α,β-unsaturated/α-hetero) is 1. The Bertz CT molecular complexity index is 774. The maximum Gasteiger partial charge on any atom is 0.417 e. The third-order valence-corrected chi connectivity index (χ3v) is 4.92. The highest BCUT2D eigenvalue weighted by molar-refractivity contribution is 6.31. The molecule has 1 fully saturated rings. The van der Waals surface area contributed by atoms with Gasteiger partial charge in [0.2, 0.25) is 0 Å². The number of pyridine rings is 1. The molecule has 2 rings (SSSR count). The van der Waals surface area contributed by atoms with Crippen LogP contribution in [0.3, 0.4) is 0 Å². The lowest BCUT2D eigenvalue weighted by Crippen LogP contribution is -2.18. The molecule has 25 heavy (non-hydrogen) atoms. The van der Waals surface area contributed by atoms with Gasteiger partial charge in [-0.05, 0) is 31.2 Å². The molecule has 1 heterocycles. The number of allylic oxidation sites excluding steroid dienone is 2. The summed E-state index contributed by atoms with van der Waals surface area (Å²) in [6.45, 7) is 7.70. The van der Waals surface area contributed by atoms with E-state index in [-0.39, 0.29) is 33.8 Å². The Labute approximate surface area is 149 Å². The molecule has 0 spiro atoms. The number of rotatable bonds is 4. The lowest BCUT2D eigenvalue weighted by Gasteiger charge is -2.13. The van der Waals surface area contributed by atoms with E-state index in [0.717, 1.165) is 5.57 Å². The first-order valence-electron chi connectivity index (χ1n) is 7.72. The zero-order valence-electron chi connectivity index (χ0n) is 14.3. The number of hydrogen-bond donors (Lipinski definition) is 0. The second kappa shape index (κ2) is 6.45. The summed E-state index contributed by atoms with van der Waals surface area (Å²) in [6, 6.07) is 2.55. The van der Waals surface area contributed by atoms with Gasteiger partial charge in [-0.15, -0.1) is 0 Å². The molecule has 0 unspecified atom stereocenters. The van der Waals surface area contributed by atoms with E-state index < -0.39 is 17.7 Å². The minimum Gasteiger partial charge on any atom is -0.297 e. The summed E-state index contributed by atoms with van der Waals surface area (Å²) in [5.74, 6) is -2.03. The Hall–Kier alpha value is -1.87. The van der Waals surface area contributed by atoms with Gasteiger partial charge >= 0.3 is 6.18 Å². The van der Waals surface area contributed by atoms with Crippen molar-refractivity contribution in [3.63, 3.8) is 0 Å². The van der Waals surface area contributed by atoms with Gasteiger partial charge in [-0.2, -0.15) is 18.4 Å². The summed E-state index contributed by atoms with van der Waals surface area (Å²) in [7, 11) is 0. The van der Waals surface area contributed by atoms with E-state index in [4.69, 9.17) is 11.6 Å². The third kappa shape index (κ3) is 3.72. The number of carbonyl (C=O) groups excluding carboxylic acids is 1. The van der Waals surface area contributed by atoms with Crippen LogP contribution in [0.15, 0.2) is 23.9 Å². The predicted octanol–water partition coefficient (Wildman–Crippen LogP) is 5.17. The highest BCUT2D eigenvalue weighted by Crippen LogP contribution is 2.61. The Morgan fingerprint density at radius 1 is 1.44 bits per heavy atom. The Kier molecular flexibility index (Phi) is 5.02. The molecule has 3 atom stereocenters. The number of alkyl halides is 3. The topological polar surface area (TPSA) is 53.8 Å². The minimum atomic E-state index is -4.59. The summed E-state index contributed by atoms with van der Waals surface area (Å²) in [4.78, 5) is 16.5. The number of halogens is 4. The van der Waals surface area contributed by atoms with Crippen LogP contribution in [0.1, 0.15) is 44.9 Å². The SMILES string of the molecule is CC(C)=C[C@@H]1[C@@H](C(=O)[C@@H](C#N)c2ncc(C(F)(F)F)cc2Cl)C1(C)C. The lowest BCUT2D eigenvalue weighted by molar-refractivity contribution is -0.137. The van der Waals surface area contributed by atoms with Crippen LogP contribution in [0.5, 0.6) is 0 Å². The van der Waals surface area contributed by atoms with Crippen LogP contribution >= 0.6 is 11.6 Å². The van der Waals surface area contributed by atoms with Gasteiger partial charge in [-0.25, -0.2) is 0 Å². The van der Waals surface area contributed by atoms with Gasteiger partial charge in [0.15, 0.2) is 5.78 Å². The van der Waals surface area contributed by atoms with Crippen LogP contribution in [0, 0.1) is 28.6 Å². The zero-order valence-corrected chi connectivity index (χ0v) is 15.0. The Morgan fingerprint density at radius 3 is 2.48 bits per heavy atom. The number of nitrogens with zero attached hydrogens (tertiary/aromatic N) is 2. The van der Waals surface area contributed by atoms with Gasteiger partial charge in [0.25, 0.3) is 0 Å². The molecule has 0 amide bonds. The summed E-state index contributed by atoms with van der Waals surface area (Å²) < 4.78 is 38.2. The van der Waals surface area contributed by atoms with Crippen LogP contribution in [0.25, 0.3) is 0 Å². The quantitative estimate of drug-likeness (QED) is 0.687. The Balaban J connectivity index is 2.34. The van der Waals surface area contributed by atoms with Crippen molar-refractivity contribution >= 4 is 17.4 Å². The molecular formula is C18H18ClF3N2O. The first-order valence-corrected chi connectivity index (χ1v) is 8.10. The van der Waals surface area contributed by atoms with Gasteiger partial charge in [0.05, 0.1) is 22.3 Å². The molecule has 3 nitrogen and oxygen atoms in total. The largest absolute Gasteiger partial charge is 0.417 e. The summed E-state index contributed by atoms with van der Waals surface area (Å²) in [5, 5.41) is 9.08. The molecule has 1 aromatic heterocycles. The molecule has 0 bridgehead atoms. The van der Waals surface area contributed by atoms with Crippen LogP contribution in [0.4, 0.5) is 13.2 Å². The van der Waals surface area contributed by atoms with E-state index >= 15 is 0 Å². The average molecular weight is 371 g/mol. The molecule has 0 N–H and O–H groups in total. The molecule has 0 radical (unpaired) electrons. The maximum absolute atomic E-state index is 12.8. The van der Waals surface area contributed by atoms with Crippen molar-refractivity contribution in [2.75, 3.05) is 0 Å². The van der Waals surface area contributed by atoms with E-state index in [9.17, 15) is 23.2 Å². The lowest BCUT2D eigenvalue weighted by atomic mass is 9.94. The van der Waals surface area contributed by atoms with Gasteiger partial charge < -0.3 is 0 Å². The van der Waals surface area contributed by atoms with E-state index in [1.165, 1.54) is 0 Å². The van der Waals surface area contributed by atoms with Crippen molar-refractivity contribution in [1.82, 2.24) is 4.98 Å². The smallest absolute Gasteiger partial charge is 0.297 e. The van der Waals surface area contributed by atoms with Crippen molar-refractivity contribution in [3.05, 3.63) is 40.2 Å². The van der Waals surface area contributed by atoms with Crippen molar-refractivity contribution in [1.29, 1.82) is 5.26 Å². The fourth-order valence-electron chi connectivity index (χ4n) is 3.15. The van der Waals surface area contributed by atoms with Gasteiger partial charge in [0.1, 0.15) is 5.92 Å². The van der Waals surface area contributed by atoms with E-state index in [0.29, 0.717) is 12.3 Å². The molecule has 0 saturated heterocycles. The Morgan fingerprint density at radius 2 is 2.04 bits per heavy atom. The summed E-state index contributed by atoms with van der Waals surface area (Å²) in [6.07, 6.45) is -2.00. The van der Waals surface area contributed by atoms with E-state index in [1.807, 2.05) is 39.8 Å². The number of hydrogen-bond acceptors (Lipinski definition) is 3. The molecule has 0 aromatic carbocycles.